The van der Waals surface area contributed by atoms with Crippen LogP contribution in [0.1, 0.15) is 29.3 Å². The van der Waals surface area contributed by atoms with Gasteiger partial charge in [0, 0.05) is 24.7 Å². The summed E-state index contributed by atoms with van der Waals surface area (Å²) >= 11 is 0. The predicted molar refractivity (Wildman–Crippen MR) is 83.6 cm³/mol. The van der Waals surface area contributed by atoms with Crippen LogP contribution < -0.4 is 4.90 Å². The maximum absolute atomic E-state index is 11.7. The Morgan fingerprint density at radius 2 is 1.95 bits per heavy atom. The van der Waals surface area contributed by atoms with E-state index in [1.165, 1.54) is 5.56 Å². The summed E-state index contributed by atoms with van der Waals surface area (Å²) in [6, 6.07) is 13.7. The Morgan fingerprint density at radius 3 is 2.71 bits per heavy atom. The average Bonchev–Trinajstić information content (AvgIpc) is 2.53. The van der Waals surface area contributed by atoms with Gasteiger partial charge in [-0.1, -0.05) is 24.3 Å². The number of aldehydes is 1. The molecule has 0 atom stereocenters. The second-order valence-electron chi connectivity index (χ2n) is 5.36. The van der Waals surface area contributed by atoms with Crippen molar-refractivity contribution in [2.45, 2.75) is 19.8 Å². The third kappa shape index (κ3) is 2.59. The molecule has 0 saturated heterocycles. The second-order valence-corrected chi connectivity index (χ2v) is 5.36. The van der Waals surface area contributed by atoms with E-state index in [1.54, 1.807) is 13.0 Å². The normalized spacial score (nSPS) is 13.7. The van der Waals surface area contributed by atoms with E-state index in [-0.39, 0.29) is 5.91 Å². The van der Waals surface area contributed by atoms with Gasteiger partial charge in [0.05, 0.1) is 0 Å². The molecule has 1 aliphatic heterocycles. The molecule has 0 radical (unpaired) electrons. The Bertz CT molecular complexity index is 706. The van der Waals surface area contributed by atoms with E-state index in [1.807, 2.05) is 35.2 Å². The highest BCUT2D eigenvalue weighted by molar-refractivity contribution is 5.93. The van der Waals surface area contributed by atoms with Crippen LogP contribution in [0.3, 0.4) is 0 Å². The molecule has 0 N–H and O–H groups in total. The first-order valence-corrected chi connectivity index (χ1v) is 7.15. The molecule has 3 rings (SSSR count). The van der Waals surface area contributed by atoms with Crippen LogP contribution in [0.4, 0.5) is 5.69 Å². The van der Waals surface area contributed by atoms with Crippen LogP contribution in [-0.4, -0.2) is 18.7 Å². The number of benzene rings is 2. The highest BCUT2D eigenvalue weighted by Gasteiger charge is 2.20. The van der Waals surface area contributed by atoms with Crippen LogP contribution >= 0.6 is 0 Å². The molecule has 0 spiro atoms. The van der Waals surface area contributed by atoms with Gasteiger partial charge in [0.15, 0.2) is 0 Å². The van der Waals surface area contributed by atoms with Crippen molar-refractivity contribution in [2.24, 2.45) is 0 Å². The third-order valence-electron chi connectivity index (χ3n) is 3.93. The molecule has 0 unspecified atom stereocenters. The fraction of sp³-hybridized carbons (Fsp3) is 0.222. The van der Waals surface area contributed by atoms with Gasteiger partial charge in [0.25, 0.3) is 0 Å². The van der Waals surface area contributed by atoms with E-state index in [0.29, 0.717) is 5.56 Å². The molecule has 0 aromatic heterocycles. The lowest BCUT2D eigenvalue weighted by Crippen LogP contribution is -2.33. The molecular weight excluding hydrogens is 262 g/mol. The van der Waals surface area contributed by atoms with Crippen molar-refractivity contribution in [3.05, 3.63) is 53.6 Å². The van der Waals surface area contributed by atoms with Crippen molar-refractivity contribution in [2.75, 3.05) is 11.4 Å². The largest absolute Gasteiger partial charge is 0.312 e. The summed E-state index contributed by atoms with van der Waals surface area (Å²) in [5.41, 5.74) is 5.01. The van der Waals surface area contributed by atoms with Gasteiger partial charge in [-0.3, -0.25) is 9.59 Å². The molecule has 1 aliphatic rings. The van der Waals surface area contributed by atoms with Gasteiger partial charge >= 0.3 is 0 Å². The van der Waals surface area contributed by atoms with Crippen LogP contribution in [0.15, 0.2) is 42.5 Å². The first-order valence-electron chi connectivity index (χ1n) is 7.15. The zero-order valence-electron chi connectivity index (χ0n) is 12.0. The summed E-state index contributed by atoms with van der Waals surface area (Å²) in [6.07, 6.45) is 2.84. The summed E-state index contributed by atoms with van der Waals surface area (Å²) < 4.78 is 0. The first-order chi connectivity index (χ1) is 10.2. The Hall–Kier alpha value is -2.42. The lowest BCUT2D eigenvalue weighted by molar-refractivity contribution is -0.116. The van der Waals surface area contributed by atoms with Crippen molar-refractivity contribution in [3.63, 3.8) is 0 Å². The van der Waals surface area contributed by atoms with E-state index in [2.05, 4.69) is 6.07 Å². The van der Waals surface area contributed by atoms with Crippen LogP contribution in [0.25, 0.3) is 11.1 Å². The van der Waals surface area contributed by atoms with Gasteiger partial charge in [0.1, 0.15) is 6.29 Å². The van der Waals surface area contributed by atoms with E-state index in [0.717, 1.165) is 42.5 Å². The summed E-state index contributed by atoms with van der Waals surface area (Å²) in [7, 11) is 0. The Morgan fingerprint density at radius 1 is 1.14 bits per heavy atom. The maximum atomic E-state index is 11.7. The average molecular weight is 279 g/mol. The number of anilines is 1. The number of rotatable bonds is 2. The zero-order chi connectivity index (χ0) is 14.8. The molecule has 3 heteroatoms. The molecular formula is C18H17NO2. The standard InChI is InChI=1S/C18H17NO2/c1-13(21)19-9-3-6-17-11-16(7-8-18(17)19)15-5-2-4-14(10-15)12-20/h2,4-5,7-8,10-12H,3,6,9H2,1H3. The predicted octanol–water partition coefficient (Wildman–Crippen LogP) is 3.47. The third-order valence-corrected chi connectivity index (χ3v) is 3.93. The Kier molecular flexibility index (Phi) is 3.57. The molecule has 1 heterocycles. The van der Waals surface area contributed by atoms with Crippen LogP contribution in [0, 0.1) is 0 Å². The van der Waals surface area contributed by atoms with Gasteiger partial charge in [0.2, 0.25) is 5.91 Å². The van der Waals surface area contributed by atoms with Crippen LogP contribution in [0.5, 0.6) is 0 Å². The minimum Gasteiger partial charge on any atom is -0.312 e. The molecule has 0 fully saturated rings. The van der Waals surface area contributed by atoms with Gasteiger partial charge in [-0.2, -0.15) is 0 Å². The molecule has 1 amide bonds. The van der Waals surface area contributed by atoms with Crippen molar-refractivity contribution in [3.8, 4) is 11.1 Å². The zero-order valence-corrected chi connectivity index (χ0v) is 12.0. The van der Waals surface area contributed by atoms with Crippen molar-refractivity contribution in [1.29, 1.82) is 0 Å². The molecule has 0 aliphatic carbocycles. The Balaban J connectivity index is 2.03. The summed E-state index contributed by atoms with van der Waals surface area (Å²) in [4.78, 5) is 24.4. The van der Waals surface area contributed by atoms with Crippen LogP contribution in [-0.2, 0) is 11.2 Å². The fourth-order valence-corrected chi connectivity index (χ4v) is 2.90. The van der Waals surface area contributed by atoms with E-state index in [4.69, 9.17) is 0 Å². The smallest absolute Gasteiger partial charge is 0.223 e. The van der Waals surface area contributed by atoms with Crippen molar-refractivity contribution >= 4 is 17.9 Å². The number of aryl methyl sites for hydroxylation is 1. The number of fused-ring (bicyclic) bond motifs is 1. The molecule has 0 bridgehead atoms. The fourth-order valence-electron chi connectivity index (χ4n) is 2.90. The molecule has 106 valence electrons. The number of nitrogens with zero attached hydrogens (tertiary/aromatic N) is 1. The van der Waals surface area contributed by atoms with Crippen molar-refractivity contribution < 1.29 is 9.59 Å². The van der Waals surface area contributed by atoms with Gasteiger partial charge in [-0.15, -0.1) is 0 Å². The number of carbonyl (C=O) groups excluding carboxylic acids is 2. The van der Waals surface area contributed by atoms with Crippen LogP contribution in [0.2, 0.25) is 0 Å². The highest BCUT2D eigenvalue weighted by Crippen LogP contribution is 2.31. The van der Waals surface area contributed by atoms with Gasteiger partial charge < -0.3 is 4.90 Å². The highest BCUT2D eigenvalue weighted by atomic mass is 16.2. The molecule has 0 saturated carbocycles. The molecule has 3 nitrogen and oxygen atoms in total. The Labute approximate surface area is 124 Å². The molecule has 21 heavy (non-hydrogen) atoms. The number of carbonyl (C=O) groups is 2. The lowest BCUT2D eigenvalue weighted by atomic mass is 9.95. The molecule has 2 aromatic carbocycles. The summed E-state index contributed by atoms with van der Waals surface area (Å²) in [5.74, 6) is 0.0895. The van der Waals surface area contributed by atoms with E-state index in [9.17, 15) is 9.59 Å². The molecule has 2 aromatic rings. The second kappa shape index (κ2) is 5.52. The lowest BCUT2D eigenvalue weighted by Gasteiger charge is -2.29. The number of hydrogen-bond acceptors (Lipinski definition) is 2. The first kappa shape index (κ1) is 13.6. The number of amides is 1. The monoisotopic (exact) mass is 279 g/mol. The summed E-state index contributed by atoms with van der Waals surface area (Å²) in [6.45, 7) is 2.40. The van der Waals surface area contributed by atoms with Gasteiger partial charge in [-0.25, -0.2) is 0 Å². The minimum atomic E-state index is 0.0895. The van der Waals surface area contributed by atoms with Gasteiger partial charge in [-0.05, 0) is 47.7 Å². The quantitative estimate of drug-likeness (QED) is 0.789. The number of hydrogen-bond donors (Lipinski definition) is 0. The SMILES string of the molecule is CC(=O)N1CCCc2cc(-c3cccc(C=O)c3)ccc21. The minimum absolute atomic E-state index is 0.0895. The maximum Gasteiger partial charge on any atom is 0.223 e. The summed E-state index contributed by atoms with van der Waals surface area (Å²) in [5, 5.41) is 0. The van der Waals surface area contributed by atoms with E-state index >= 15 is 0 Å². The van der Waals surface area contributed by atoms with E-state index < -0.39 is 0 Å². The topological polar surface area (TPSA) is 37.4 Å². The van der Waals surface area contributed by atoms with Crippen molar-refractivity contribution in [1.82, 2.24) is 0 Å².